The van der Waals surface area contributed by atoms with Gasteiger partial charge >= 0.3 is 10.5 Å². The second kappa shape index (κ2) is 8.35. The molecule has 2 aromatic carbocycles. The zero-order valence-corrected chi connectivity index (χ0v) is 12.6. The Hall–Kier alpha value is -1.96. The topological polar surface area (TPSA) is 89.6 Å². The van der Waals surface area contributed by atoms with Gasteiger partial charge in [-0.3, -0.25) is 10.1 Å². The molecule has 0 aromatic heterocycles. The number of hydrogen-bond donors (Lipinski definition) is 0. The molecule has 110 valence electrons. The molecule has 0 spiro atoms. The molecule has 0 aliphatic heterocycles. The molecule has 0 fully saturated rings. The summed E-state index contributed by atoms with van der Waals surface area (Å²) in [6, 6.07) is 12.3. The highest BCUT2D eigenvalue weighted by Gasteiger charge is 2.08. The zero-order valence-electron chi connectivity index (χ0n) is 10.3. The maximum Gasteiger partial charge on any atom is 0.316 e. The Bertz CT molecular complexity index is 753. The molecule has 0 N–H and O–H groups in total. The SMILES string of the molecule is O=S(=O)=Nc1ccc(Cl)cc1.O=[N+]([O-])c1ccccc1Cl. The highest BCUT2D eigenvalue weighted by atomic mass is 35.5. The average Bonchev–Trinajstić information content (AvgIpc) is 2.42. The van der Waals surface area contributed by atoms with E-state index in [9.17, 15) is 18.5 Å². The fraction of sp³-hybridized carbons (Fsp3) is 0. The van der Waals surface area contributed by atoms with E-state index in [1.54, 1.807) is 24.3 Å². The van der Waals surface area contributed by atoms with Gasteiger partial charge in [-0.1, -0.05) is 35.3 Å². The van der Waals surface area contributed by atoms with Gasteiger partial charge in [0.2, 0.25) is 0 Å². The molecule has 0 saturated carbocycles. The quantitative estimate of drug-likeness (QED) is 0.599. The normalized spacial score (nSPS) is 9.24. The molecular formula is C12H8Cl2N2O4S. The van der Waals surface area contributed by atoms with Gasteiger partial charge in [0.1, 0.15) is 5.02 Å². The predicted molar refractivity (Wildman–Crippen MR) is 80.6 cm³/mol. The van der Waals surface area contributed by atoms with Crippen molar-refractivity contribution in [1.82, 2.24) is 0 Å². The van der Waals surface area contributed by atoms with Crippen LogP contribution in [0.2, 0.25) is 10.0 Å². The molecule has 0 amide bonds. The van der Waals surface area contributed by atoms with Crippen LogP contribution in [-0.2, 0) is 10.5 Å². The van der Waals surface area contributed by atoms with E-state index < -0.39 is 15.4 Å². The summed E-state index contributed by atoms with van der Waals surface area (Å²) in [6.45, 7) is 0. The number of para-hydroxylation sites is 1. The number of nitro benzene ring substituents is 1. The van der Waals surface area contributed by atoms with Gasteiger partial charge in [-0.2, -0.15) is 8.42 Å². The molecule has 2 aromatic rings. The summed E-state index contributed by atoms with van der Waals surface area (Å²) in [7, 11) is -2.39. The summed E-state index contributed by atoms with van der Waals surface area (Å²) in [5, 5.41) is 10.9. The molecule has 2 rings (SSSR count). The Labute approximate surface area is 131 Å². The van der Waals surface area contributed by atoms with Crippen molar-refractivity contribution < 1.29 is 13.3 Å². The van der Waals surface area contributed by atoms with Gasteiger partial charge in [-0.05, 0) is 30.3 Å². The van der Waals surface area contributed by atoms with E-state index in [0.29, 0.717) is 10.7 Å². The van der Waals surface area contributed by atoms with Gasteiger partial charge in [0, 0.05) is 11.1 Å². The Kier molecular flexibility index (Phi) is 6.80. The van der Waals surface area contributed by atoms with Crippen molar-refractivity contribution in [2.24, 2.45) is 4.36 Å². The van der Waals surface area contributed by atoms with E-state index in [1.165, 1.54) is 24.3 Å². The first kappa shape index (κ1) is 17.1. The monoisotopic (exact) mass is 346 g/mol. The number of benzene rings is 2. The number of nitrogens with zero attached hydrogens (tertiary/aromatic N) is 2. The minimum atomic E-state index is -2.39. The molecule has 0 radical (unpaired) electrons. The molecule has 0 aliphatic carbocycles. The summed E-state index contributed by atoms with van der Waals surface area (Å²) in [5.74, 6) is 0. The van der Waals surface area contributed by atoms with Gasteiger partial charge in [0.25, 0.3) is 5.69 Å². The first-order valence-electron chi connectivity index (χ1n) is 5.35. The lowest BCUT2D eigenvalue weighted by atomic mass is 10.3. The molecule has 0 bridgehead atoms. The molecule has 9 heteroatoms. The highest BCUT2D eigenvalue weighted by molar-refractivity contribution is 7.61. The fourth-order valence-corrected chi connectivity index (χ4v) is 1.81. The van der Waals surface area contributed by atoms with Gasteiger partial charge in [0.15, 0.2) is 0 Å². The molecule has 0 unspecified atom stereocenters. The second-order valence-corrected chi connectivity index (χ2v) is 4.95. The Balaban J connectivity index is 0.000000211. The van der Waals surface area contributed by atoms with Crippen LogP contribution in [0.1, 0.15) is 0 Å². The molecule has 21 heavy (non-hydrogen) atoms. The lowest BCUT2D eigenvalue weighted by molar-refractivity contribution is -0.384. The minimum Gasteiger partial charge on any atom is -0.258 e. The van der Waals surface area contributed by atoms with E-state index >= 15 is 0 Å². The molecule has 6 nitrogen and oxygen atoms in total. The third kappa shape index (κ3) is 6.35. The van der Waals surface area contributed by atoms with E-state index in [0.717, 1.165) is 0 Å². The molecule has 0 saturated heterocycles. The van der Waals surface area contributed by atoms with Crippen LogP contribution < -0.4 is 0 Å². The molecule has 0 aliphatic rings. The van der Waals surface area contributed by atoms with E-state index in [4.69, 9.17) is 23.2 Å². The summed E-state index contributed by atoms with van der Waals surface area (Å²) < 4.78 is 23.4. The third-order valence-corrected chi connectivity index (χ3v) is 2.99. The van der Waals surface area contributed by atoms with Gasteiger partial charge in [-0.25, -0.2) is 0 Å². The maximum absolute atomic E-state index is 10.1. The van der Waals surface area contributed by atoms with Gasteiger partial charge in [0.05, 0.1) is 10.6 Å². The van der Waals surface area contributed by atoms with Crippen LogP contribution in [0, 0.1) is 10.1 Å². The molecule has 0 heterocycles. The maximum atomic E-state index is 10.1. The van der Waals surface area contributed by atoms with Crippen LogP contribution in [0.5, 0.6) is 0 Å². The van der Waals surface area contributed by atoms with Crippen molar-refractivity contribution in [3.63, 3.8) is 0 Å². The van der Waals surface area contributed by atoms with Crippen molar-refractivity contribution >= 4 is 45.1 Å². The van der Waals surface area contributed by atoms with Crippen LogP contribution in [0.25, 0.3) is 0 Å². The highest BCUT2D eigenvalue weighted by Crippen LogP contribution is 2.22. The lowest BCUT2D eigenvalue weighted by Gasteiger charge is -1.90. The number of rotatable bonds is 2. The van der Waals surface area contributed by atoms with E-state index in [2.05, 4.69) is 4.36 Å². The zero-order chi connectivity index (χ0) is 15.8. The second-order valence-electron chi connectivity index (χ2n) is 3.49. The molecular weight excluding hydrogens is 339 g/mol. The van der Waals surface area contributed by atoms with Crippen molar-refractivity contribution in [2.45, 2.75) is 0 Å². The predicted octanol–water partition coefficient (Wildman–Crippen LogP) is 4.28. The summed E-state index contributed by atoms with van der Waals surface area (Å²) in [6.07, 6.45) is 0. The summed E-state index contributed by atoms with van der Waals surface area (Å²) >= 11 is 11.0. The number of halogens is 2. The number of nitro groups is 1. The van der Waals surface area contributed by atoms with Crippen LogP contribution in [0.3, 0.4) is 0 Å². The fourth-order valence-electron chi connectivity index (χ4n) is 1.19. The Morgan fingerprint density at radius 1 is 1.00 bits per heavy atom. The van der Waals surface area contributed by atoms with Gasteiger partial charge in [-0.15, -0.1) is 4.36 Å². The van der Waals surface area contributed by atoms with Crippen molar-refractivity contribution in [2.75, 3.05) is 0 Å². The standard InChI is InChI=1S/C6H4ClNO2S.C6H4ClNO2/c7-5-1-3-6(4-2-5)8-11(9)10;7-5-3-1-2-4-6(5)8(9)10/h1-4H;1-4H. The largest absolute Gasteiger partial charge is 0.316 e. The summed E-state index contributed by atoms with van der Waals surface area (Å²) in [4.78, 5) is 9.63. The van der Waals surface area contributed by atoms with E-state index in [1.807, 2.05) is 0 Å². The van der Waals surface area contributed by atoms with E-state index in [-0.39, 0.29) is 10.7 Å². The smallest absolute Gasteiger partial charge is 0.258 e. The summed E-state index contributed by atoms with van der Waals surface area (Å²) in [5.41, 5.74) is 0.326. The first-order valence-corrected chi connectivity index (χ1v) is 7.14. The van der Waals surface area contributed by atoms with Crippen molar-refractivity contribution in [3.05, 3.63) is 68.7 Å². The van der Waals surface area contributed by atoms with Crippen molar-refractivity contribution in [3.8, 4) is 0 Å². The first-order chi connectivity index (χ1) is 9.90. The average molecular weight is 347 g/mol. The number of hydrogen-bond acceptors (Lipinski definition) is 5. The van der Waals surface area contributed by atoms with Crippen LogP contribution >= 0.6 is 23.2 Å². The Morgan fingerprint density at radius 2 is 1.57 bits per heavy atom. The van der Waals surface area contributed by atoms with Crippen LogP contribution in [0.15, 0.2) is 52.9 Å². The third-order valence-electron chi connectivity index (χ3n) is 2.06. The van der Waals surface area contributed by atoms with Crippen LogP contribution in [0.4, 0.5) is 11.4 Å². The lowest BCUT2D eigenvalue weighted by Crippen LogP contribution is -1.87. The Morgan fingerprint density at radius 3 is 2.00 bits per heavy atom. The van der Waals surface area contributed by atoms with Crippen LogP contribution in [-0.4, -0.2) is 13.3 Å². The molecule has 0 atom stereocenters. The minimum absolute atomic E-state index is 0.0517. The van der Waals surface area contributed by atoms with Gasteiger partial charge < -0.3 is 0 Å². The van der Waals surface area contributed by atoms with Crippen molar-refractivity contribution in [1.29, 1.82) is 0 Å².